The van der Waals surface area contributed by atoms with Crippen LogP contribution in [0.15, 0.2) is 61.1 Å². The van der Waals surface area contributed by atoms with Gasteiger partial charge in [-0.05, 0) is 68.9 Å². The molecule has 0 spiro atoms. The first-order valence-corrected chi connectivity index (χ1v) is 12.5. The minimum Gasteiger partial charge on any atom is -0.494 e. The molecule has 36 heavy (non-hydrogen) atoms. The second kappa shape index (κ2) is 9.58. The molecule has 3 heterocycles. The van der Waals surface area contributed by atoms with Crippen molar-refractivity contribution in [2.45, 2.75) is 59.2 Å². The molecule has 1 fully saturated rings. The lowest BCUT2D eigenvalue weighted by Gasteiger charge is -2.28. The molecule has 2 atom stereocenters. The normalized spacial score (nSPS) is 18.2. The number of hydrogen-bond acceptors (Lipinski definition) is 4. The molecule has 1 aliphatic rings. The van der Waals surface area contributed by atoms with E-state index < -0.39 is 5.41 Å². The fraction of sp³-hybridized carbons (Fsp3) is 0.393. The van der Waals surface area contributed by atoms with Crippen LogP contribution in [0.2, 0.25) is 0 Å². The van der Waals surface area contributed by atoms with Crippen molar-refractivity contribution in [2.75, 3.05) is 17.3 Å². The first-order chi connectivity index (χ1) is 16.9. The van der Waals surface area contributed by atoms with Crippen LogP contribution in [0.1, 0.15) is 64.9 Å². The Morgan fingerprint density at radius 2 is 1.86 bits per heavy atom. The quantitative estimate of drug-likeness (QED) is 0.427. The Morgan fingerprint density at radius 1 is 1.11 bits per heavy atom. The summed E-state index contributed by atoms with van der Waals surface area (Å²) in [6.45, 7) is 12.2. The zero-order chi connectivity index (χ0) is 26.3. The van der Waals surface area contributed by atoms with E-state index in [0.717, 1.165) is 16.9 Å². The molecule has 1 aliphatic heterocycles. The number of amides is 1. The van der Waals surface area contributed by atoms with Crippen LogP contribution < -0.4 is 20.3 Å². The van der Waals surface area contributed by atoms with Crippen LogP contribution in [0.4, 0.5) is 11.4 Å². The smallest absolute Gasteiger partial charge is 0.229 e. The second-order valence-corrected chi connectivity index (χ2v) is 11.5. The summed E-state index contributed by atoms with van der Waals surface area (Å²) >= 11 is 5.86. The summed E-state index contributed by atoms with van der Waals surface area (Å²) < 4.78 is 7.89. The molecule has 7 nitrogen and oxygen atoms in total. The number of carbonyl (C=O) groups is 1. The van der Waals surface area contributed by atoms with E-state index in [0.29, 0.717) is 16.5 Å². The van der Waals surface area contributed by atoms with Gasteiger partial charge in [-0.3, -0.25) is 9.78 Å². The number of anilines is 2. The van der Waals surface area contributed by atoms with Gasteiger partial charge in [-0.2, -0.15) is 0 Å². The zero-order valence-corrected chi connectivity index (χ0v) is 22.8. The van der Waals surface area contributed by atoms with Gasteiger partial charge >= 0.3 is 0 Å². The van der Waals surface area contributed by atoms with Gasteiger partial charge in [-0.15, -0.1) is 0 Å². The number of pyridine rings is 1. The van der Waals surface area contributed by atoms with Crippen molar-refractivity contribution in [1.29, 1.82) is 0 Å². The van der Waals surface area contributed by atoms with Gasteiger partial charge in [0.15, 0.2) is 5.11 Å². The number of hydrogen-bond donors (Lipinski definition) is 2. The molecular weight excluding hydrogens is 470 g/mol. The third-order valence-electron chi connectivity index (χ3n) is 6.32. The Balaban J connectivity index is 1.77. The van der Waals surface area contributed by atoms with E-state index >= 15 is 0 Å². The summed E-state index contributed by atoms with van der Waals surface area (Å²) in [6.07, 6.45) is 6.09. The van der Waals surface area contributed by atoms with Crippen molar-refractivity contribution in [3.8, 4) is 5.75 Å². The van der Waals surface area contributed by atoms with Gasteiger partial charge in [-0.1, -0.05) is 26.8 Å². The highest BCUT2D eigenvalue weighted by atomic mass is 32.1. The minimum absolute atomic E-state index is 0.0494. The SMILES string of the molecule is COc1cc(N2C(=S)N[C@H](c3ccccn3)[C@@H]2c2ccn(C(C)(C)C)c2)ccc1NC(=O)C(C)(C)C. The maximum Gasteiger partial charge on any atom is 0.229 e. The largest absolute Gasteiger partial charge is 0.494 e. The number of ether oxygens (including phenoxy) is 1. The van der Waals surface area contributed by atoms with E-state index in [-0.39, 0.29) is 23.5 Å². The number of carbonyl (C=O) groups excluding carboxylic acids is 1. The Labute approximate surface area is 218 Å². The number of thiocarbonyl (C=S) groups is 1. The summed E-state index contributed by atoms with van der Waals surface area (Å²) in [5.41, 5.74) is 2.95. The van der Waals surface area contributed by atoms with E-state index in [9.17, 15) is 4.79 Å². The summed E-state index contributed by atoms with van der Waals surface area (Å²) in [6, 6.07) is 13.5. The fourth-order valence-electron chi connectivity index (χ4n) is 4.22. The summed E-state index contributed by atoms with van der Waals surface area (Å²) in [7, 11) is 1.60. The predicted molar refractivity (Wildman–Crippen MR) is 148 cm³/mol. The molecule has 3 aromatic rings. The number of methoxy groups -OCH3 is 1. The van der Waals surface area contributed by atoms with Crippen molar-refractivity contribution in [2.24, 2.45) is 5.41 Å². The van der Waals surface area contributed by atoms with Gasteiger partial charge in [0.05, 0.1) is 30.6 Å². The molecule has 2 N–H and O–H groups in total. The topological polar surface area (TPSA) is 71.4 Å². The molecule has 0 saturated carbocycles. The lowest BCUT2D eigenvalue weighted by atomic mass is 9.95. The van der Waals surface area contributed by atoms with E-state index in [1.54, 1.807) is 13.3 Å². The van der Waals surface area contributed by atoms with Crippen LogP contribution >= 0.6 is 12.2 Å². The monoisotopic (exact) mass is 505 g/mol. The van der Waals surface area contributed by atoms with Crippen molar-refractivity contribution >= 4 is 34.6 Å². The van der Waals surface area contributed by atoms with Crippen LogP contribution in [-0.2, 0) is 10.3 Å². The third kappa shape index (κ3) is 5.09. The summed E-state index contributed by atoms with van der Waals surface area (Å²) in [5, 5.41) is 7.08. The Hall–Kier alpha value is -3.39. The highest BCUT2D eigenvalue weighted by Gasteiger charge is 2.41. The van der Waals surface area contributed by atoms with Crippen LogP contribution in [0.3, 0.4) is 0 Å². The predicted octanol–water partition coefficient (Wildman–Crippen LogP) is 5.81. The maximum absolute atomic E-state index is 12.6. The fourth-order valence-corrected chi connectivity index (χ4v) is 4.57. The third-order valence-corrected chi connectivity index (χ3v) is 6.64. The van der Waals surface area contributed by atoms with Crippen molar-refractivity contribution < 1.29 is 9.53 Å². The lowest BCUT2D eigenvalue weighted by molar-refractivity contribution is -0.123. The highest BCUT2D eigenvalue weighted by molar-refractivity contribution is 7.80. The average Bonchev–Trinajstić information content (AvgIpc) is 3.44. The van der Waals surface area contributed by atoms with Gasteiger partial charge < -0.3 is 24.8 Å². The second-order valence-electron chi connectivity index (χ2n) is 11.1. The summed E-state index contributed by atoms with van der Waals surface area (Å²) in [4.78, 5) is 19.3. The van der Waals surface area contributed by atoms with Gasteiger partial charge in [0, 0.05) is 41.3 Å². The van der Waals surface area contributed by atoms with Gasteiger partial charge in [0.25, 0.3) is 0 Å². The molecule has 1 amide bonds. The number of aromatic nitrogens is 2. The molecule has 1 saturated heterocycles. The molecule has 1 aromatic carbocycles. The lowest BCUT2D eigenvalue weighted by Crippen LogP contribution is -2.30. The van der Waals surface area contributed by atoms with Crippen LogP contribution in [0, 0.1) is 5.41 Å². The van der Waals surface area contributed by atoms with E-state index in [1.165, 1.54) is 0 Å². The maximum atomic E-state index is 12.6. The highest BCUT2D eigenvalue weighted by Crippen LogP contribution is 2.43. The molecule has 4 rings (SSSR count). The van der Waals surface area contributed by atoms with Gasteiger partial charge in [0.2, 0.25) is 5.91 Å². The first-order valence-electron chi connectivity index (χ1n) is 12.1. The molecule has 190 valence electrons. The zero-order valence-electron chi connectivity index (χ0n) is 22.0. The molecule has 0 bridgehead atoms. The number of benzene rings is 1. The molecule has 0 aliphatic carbocycles. The van der Waals surface area contributed by atoms with E-state index in [4.69, 9.17) is 17.0 Å². The molecule has 0 radical (unpaired) electrons. The Morgan fingerprint density at radius 3 is 2.44 bits per heavy atom. The molecule has 2 aromatic heterocycles. The summed E-state index contributed by atoms with van der Waals surface area (Å²) in [5.74, 6) is 0.490. The van der Waals surface area contributed by atoms with Crippen molar-refractivity contribution in [3.05, 3.63) is 72.3 Å². The Kier molecular flexibility index (Phi) is 6.84. The van der Waals surface area contributed by atoms with E-state index in [2.05, 4.69) is 64.3 Å². The molecular formula is C28H35N5O2S. The van der Waals surface area contributed by atoms with Crippen LogP contribution in [0.25, 0.3) is 0 Å². The minimum atomic E-state index is -0.522. The number of nitrogens with one attached hydrogen (secondary N) is 2. The average molecular weight is 506 g/mol. The van der Waals surface area contributed by atoms with E-state index in [1.807, 2.05) is 57.2 Å². The van der Waals surface area contributed by atoms with Crippen LogP contribution in [-0.4, -0.2) is 27.7 Å². The van der Waals surface area contributed by atoms with Gasteiger partial charge in [-0.25, -0.2) is 0 Å². The van der Waals surface area contributed by atoms with Crippen LogP contribution in [0.5, 0.6) is 5.75 Å². The number of rotatable bonds is 5. The molecule has 8 heteroatoms. The Bertz CT molecular complexity index is 1260. The van der Waals surface area contributed by atoms with Crippen molar-refractivity contribution in [3.63, 3.8) is 0 Å². The first kappa shape index (κ1) is 25.7. The van der Waals surface area contributed by atoms with Crippen molar-refractivity contribution in [1.82, 2.24) is 14.9 Å². The standard InChI is InChI=1S/C28H35N5O2S/c1-27(2,3)25(34)30-20-12-11-19(16-22(20)35-7)33-24(18-13-15-32(17-18)28(4,5)6)23(31-26(33)36)21-10-8-9-14-29-21/h8-17,23-24H,1-7H3,(H,30,34)(H,31,36)/t23-,24+/m1/s1. The van der Waals surface area contributed by atoms with Gasteiger partial charge in [0.1, 0.15) is 5.75 Å². The number of nitrogens with zero attached hydrogens (tertiary/aromatic N) is 3. The molecule has 0 unspecified atom stereocenters.